The lowest BCUT2D eigenvalue weighted by Gasteiger charge is -2.21. The number of benzene rings is 1. The fourth-order valence-electron chi connectivity index (χ4n) is 2.34. The Morgan fingerprint density at radius 1 is 1.18 bits per heavy atom. The molecule has 86 valence electrons. The quantitative estimate of drug-likeness (QED) is 0.834. The van der Waals surface area contributed by atoms with Gasteiger partial charge >= 0.3 is 0 Å². The predicted molar refractivity (Wildman–Crippen MR) is 70.1 cm³/mol. The Kier molecular flexibility index (Phi) is 2.83. The SMILES string of the molecule is Clc1ccc2c(c1-c1ccccn1)CCNC2. The summed E-state index contributed by atoms with van der Waals surface area (Å²) in [6.07, 6.45) is 2.83. The van der Waals surface area contributed by atoms with E-state index >= 15 is 0 Å². The van der Waals surface area contributed by atoms with E-state index in [0.717, 1.165) is 35.8 Å². The molecule has 1 aliphatic rings. The third kappa shape index (κ3) is 1.94. The smallest absolute Gasteiger partial charge is 0.0719 e. The van der Waals surface area contributed by atoms with E-state index in [1.54, 1.807) is 0 Å². The second-order valence-corrected chi connectivity index (χ2v) is 4.61. The van der Waals surface area contributed by atoms with E-state index in [9.17, 15) is 0 Å². The zero-order chi connectivity index (χ0) is 11.7. The van der Waals surface area contributed by atoms with Crippen LogP contribution in [-0.4, -0.2) is 11.5 Å². The zero-order valence-electron chi connectivity index (χ0n) is 9.41. The van der Waals surface area contributed by atoms with Gasteiger partial charge in [-0.15, -0.1) is 0 Å². The highest BCUT2D eigenvalue weighted by Crippen LogP contribution is 2.33. The molecule has 0 atom stereocenters. The van der Waals surface area contributed by atoms with E-state index < -0.39 is 0 Å². The van der Waals surface area contributed by atoms with E-state index in [-0.39, 0.29) is 0 Å². The summed E-state index contributed by atoms with van der Waals surface area (Å²) in [5.41, 5.74) is 4.75. The summed E-state index contributed by atoms with van der Waals surface area (Å²) >= 11 is 6.34. The first kappa shape index (κ1) is 10.8. The number of nitrogens with zero attached hydrogens (tertiary/aromatic N) is 1. The molecule has 2 heterocycles. The molecule has 1 aliphatic heterocycles. The van der Waals surface area contributed by atoms with Crippen LogP contribution in [0.1, 0.15) is 11.1 Å². The topological polar surface area (TPSA) is 24.9 Å². The lowest BCUT2D eigenvalue weighted by Crippen LogP contribution is -2.24. The molecule has 0 radical (unpaired) electrons. The summed E-state index contributed by atoms with van der Waals surface area (Å²) in [7, 11) is 0. The fourth-order valence-corrected chi connectivity index (χ4v) is 2.61. The summed E-state index contributed by atoms with van der Waals surface area (Å²) in [5, 5.41) is 4.17. The molecule has 17 heavy (non-hydrogen) atoms. The first-order valence-corrected chi connectivity index (χ1v) is 6.16. The van der Waals surface area contributed by atoms with E-state index in [4.69, 9.17) is 11.6 Å². The summed E-state index contributed by atoms with van der Waals surface area (Å²) in [6, 6.07) is 10.0. The van der Waals surface area contributed by atoms with Crippen molar-refractivity contribution in [3.8, 4) is 11.3 Å². The van der Waals surface area contributed by atoms with Crippen LogP contribution in [-0.2, 0) is 13.0 Å². The second-order valence-electron chi connectivity index (χ2n) is 4.20. The number of pyridine rings is 1. The van der Waals surface area contributed by atoms with Gasteiger partial charge in [0, 0.05) is 18.3 Å². The molecule has 1 N–H and O–H groups in total. The van der Waals surface area contributed by atoms with Crippen LogP contribution < -0.4 is 5.32 Å². The molecule has 0 fully saturated rings. The van der Waals surface area contributed by atoms with Crippen LogP contribution in [0.25, 0.3) is 11.3 Å². The molecular formula is C14H13ClN2. The minimum atomic E-state index is 0.796. The van der Waals surface area contributed by atoms with Crippen LogP contribution in [0.3, 0.4) is 0 Å². The van der Waals surface area contributed by atoms with Gasteiger partial charge in [-0.2, -0.15) is 0 Å². The molecule has 0 saturated carbocycles. The standard InChI is InChI=1S/C14H13ClN2/c15-12-5-4-10-9-16-8-6-11(10)14(12)13-3-1-2-7-17-13/h1-5,7,16H,6,8-9H2. The Bertz CT molecular complexity index is 537. The van der Waals surface area contributed by atoms with Gasteiger partial charge in [0.1, 0.15) is 0 Å². The molecule has 2 aromatic rings. The monoisotopic (exact) mass is 244 g/mol. The van der Waals surface area contributed by atoms with Gasteiger partial charge in [-0.3, -0.25) is 4.98 Å². The first-order chi connectivity index (χ1) is 8.36. The van der Waals surface area contributed by atoms with Gasteiger partial charge < -0.3 is 5.32 Å². The van der Waals surface area contributed by atoms with Crippen molar-refractivity contribution < 1.29 is 0 Å². The van der Waals surface area contributed by atoms with Crippen molar-refractivity contribution in [1.29, 1.82) is 0 Å². The van der Waals surface area contributed by atoms with Crippen molar-refractivity contribution in [3.05, 3.63) is 52.7 Å². The van der Waals surface area contributed by atoms with Crippen molar-refractivity contribution in [2.24, 2.45) is 0 Å². The first-order valence-electron chi connectivity index (χ1n) is 5.78. The Morgan fingerprint density at radius 2 is 2.12 bits per heavy atom. The molecule has 1 aromatic heterocycles. The van der Waals surface area contributed by atoms with Gasteiger partial charge in [0.05, 0.1) is 10.7 Å². The van der Waals surface area contributed by atoms with Crippen LogP contribution >= 0.6 is 11.6 Å². The highest BCUT2D eigenvalue weighted by Gasteiger charge is 2.17. The Morgan fingerprint density at radius 3 is 2.94 bits per heavy atom. The average molecular weight is 245 g/mol. The van der Waals surface area contributed by atoms with Gasteiger partial charge in [-0.05, 0) is 42.3 Å². The van der Waals surface area contributed by atoms with Crippen LogP contribution in [0.15, 0.2) is 36.5 Å². The van der Waals surface area contributed by atoms with Gasteiger partial charge in [-0.25, -0.2) is 0 Å². The largest absolute Gasteiger partial charge is 0.312 e. The van der Waals surface area contributed by atoms with Crippen molar-refractivity contribution >= 4 is 11.6 Å². The van der Waals surface area contributed by atoms with Crippen LogP contribution in [0.4, 0.5) is 0 Å². The third-order valence-electron chi connectivity index (χ3n) is 3.15. The summed E-state index contributed by atoms with van der Waals surface area (Å²) in [5.74, 6) is 0. The van der Waals surface area contributed by atoms with Gasteiger partial charge in [-0.1, -0.05) is 23.7 Å². The number of hydrogen-bond acceptors (Lipinski definition) is 2. The van der Waals surface area contributed by atoms with Gasteiger partial charge in [0.25, 0.3) is 0 Å². The van der Waals surface area contributed by atoms with Crippen molar-refractivity contribution in [2.75, 3.05) is 6.54 Å². The number of fused-ring (bicyclic) bond motifs is 1. The van der Waals surface area contributed by atoms with E-state index in [0.29, 0.717) is 0 Å². The number of aromatic nitrogens is 1. The van der Waals surface area contributed by atoms with Crippen molar-refractivity contribution in [3.63, 3.8) is 0 Å². The van der Waals surface area contributed by atoms with E-state index in [1.807, 2.05) is 30.5 Å². The third-order valence-corrected chi connectivity index (χ3v) is 3.46. The summed E-state index contributed by atoms with van der Waals surface area (Å²) < 4.78 is 0. The number of halogens is 1. The lowest BCUT2D eigenvalue weighted by atomic mass is 9.93. The molecule has 0 aliphatic carbocycles. The minimum Gasteiger partial charge on any atom is -0.312 e. The molecule has 3 rings (SSSR count). The maximum Gasteiger partial charge on any atom is 0.0719 e. The highest BCUT2D eigenvalue weighted by molar-refractivity contribution is 6.33. The summed E-state index contributed by atoms with van der Waals surface area (Å²) in [6.45, 7) is 1.93. The summed E-state index contributed by atoms with van der Waals surface area (Å²) in [4.78, 5) is 4.41. The van der Waals surface area contributed by atoms with E-state index in [2.05, 4.69) is 16.4 Å². The second kappa shape index (κ2) is 4.47. The predicted octanol–water partition coefficient (Wildman–Crippen LogP) is 3.05. The molecule has 1 aromatic carbocycles. The number of nitrogens with one attached hydrogen (secondary N) is 1. The van der Waals surface area contributed by atoms with Crippen molar-refractivity contribution in [1.82, 2.24) is 10.3 Å². The maximum atomic E-state index is 6.34. The maximum absolute atomic E-state index is 6.34. The van der Waals surface area contributed by atoms with E-state index in [1.165, 1.54) is 11.1 Å². The molecular weight excluding hydrogens is 232 g/mol. The Balaban J connectivity index is 2.21. The van der Waals surface area contributed by atoms with Crippen LogP contribution in [0, 0.1) is 0 Å². The fraction of sp³-hybridized carbons (Fsp3) is 0.214. The molecule has 3 heteroatoms. The number of hydrogen-bond donors (Lipinski definition) is 1. The molecule has 2 nitrogen and oxygen atoms in total. The molecule has 0 amide bonds. The molecule has 0 saturated heterocycles. The van der Waals surface area contributed by atoms with Gasteiger partial charge in [0.15, 0.2) is 0 Å². The molecule has 0 unspecified atom stereocenters. The highest BCUT2D eigenvalue weighted by atomic mass is 35.5. The van der Waals surface area contributed by atoms with Crippen molar-refractivity contribution in [2.45, 2.75) is 13.0 Å². The Labute approximate surface area is 106 Å². The molecule has 0 spiro atoms. The Hall–Kier alpha value is -1.38. The average Bonchev–Trinajstić information content (AvgIpc) is 2.39. The van der Waals surface area contributed by atoms with Crippen LogP contribution in [0.5, 0.6) is 0 Å². The normalized spacial score (nSPS) is 14.4. The molecule has 0 bridgehead atoms. The zero-order valence-corrected chi connectivity index (χ0v) is 10.2. The van der Waals surface area contributed by atoms with Gasteiger partial charge in [0.2, 0.25) is 0 Å². The number of rotatable bonds is 1. The lowest BCUT2D eigenvalue weighted by molar-refractivity contribution is 0.644. The minimum absolute atomic E-state index is 0.796. The van der Waals surface area contributed by atoms with Crippen LogP contribution in [0.2, 0.25) is 5.02 Å².